The molecule has 0 radical (unpaired) electrons. The molecule has 1 aliphatic carbocycles. The van der Waals surface area contributed by atoms with Crippen molar-refractivity contribution in [1.29, 1.82) is 0 Å². The fourth-order valence-corrected chi connectivity index (χ4v) is 5.39. The summed E-state index contributed by atoms with van der Waals surface area (Å²) in [7, 11) is 0. The van der Waals surface area contributed by atoms with Gasteiger partial charge in [0.25, 0.3) is 0 Å². The zero-order chi connectivity index (χ0) is 20.6. The average molecular weight is 389 g/mol. The number of hydrogen-bond donors (Lipinski definition) is 0. The summed E-state index contributed by atoms with van der Waals surface area (Å²) >= 11 is 0. The average Bonchev–Trinajstić information content (AvgIpc) is 3.23. The Bertz CT molecular complexity index is 1470. The Hall–Kier alpha value is -3.39. The number of rotatable bonds is 1. The molecule has 2 nitrogen and oxygen atoms in total. The van der Waals surface area contributed by atoms with Crippen molar-refractivity contribution in [3.63, 3.8) is 0 Å². The van der Waals surface area contributed by atoms with Crippen LogP contribution in [0.2, 0.25) is 0 Å². The molecule has 0 unspecified atom stereocenters. The van der Waals surface area contributed by atoms with Gasteiger partial charge < -0.3 is 4.42 Å². The first-order valence-electron chi connectivity index (χ1n) is 10.5. The van der Waals surface area contributed by atoms with Gasteiger partial charge in [-0.05, 0) is 53.8 Å². The number of benzene rings is 3. The van der Waals surface area contributed by atoms with Crippen molar-refractivity contribution < 1.29 is 4.42 Å². The number of aromatic nitrogens is 1. The van der Waals surface area contributed by atoms with Crippen LogP contribution in [-0.4, -0.2) is 4.98 Å². The Labute approximate surface area is 176 Å². The van der Waals surface area contributed by atoms with Crippen molar-refractivity contribution in [3.05, 3.63) is 89.1 Å². The Morgan fingerprint density at radius 2 is 1.57 bits per heavy atom. The van der Waals surface area contributed by atoms with Gasteiger partial charge in [0.1, 0.15) is 11.2 Å². The molecule has 146 valence electrons. The van der Waals surface area contributed by atoms with Crippen LogP contribution in [0.3, 0.4) is 0 Å². The van der Waals surface area contributed by atoms with Gasteiger partial charge in [-0.25, -0.2) is 0 Å². The maximum absolute atomic E-state index is 6.75. The number of fused-ring (bicyclic) bond motifs is 7. The monoisotopic (exact) mass is 389 g/mol. The number of aryl methyl sites for hydroxylation is 2. The number of hydrogen-bond acceptors (Lipinski definition) is 2. The third kappa shape index (κ3) is 2.11. The van der Waals surface area contributed by atoms with Crippen LogP contribution in [0.25, 0.3) is 44.3 Å². The van der Waals surface area contributed by atoms with Gasteiger partial charge >= 0.3 is 0 Å². The minimum Gasteiger partial charge on any atom is -0.455 e. The van der Waals surface area contributed by atoms with Gasteiger partial charge in [0.2, 0.25) is 0 Å². The van der Waals surface area contributed by atoms with Crippen LogP contribution < -0.4 is 0 Å². The van der Waals surface area contributed by atoms with Gasteiger partial charge in [0.05, 0.1) is 5.69 Å². The first-order valence-corrected chi connectivity index (χ1v) is 10.5. The molecular weight excluding hydrogens is 366 g/mol. The lowest BCUT2D eigenvalue weighted by atomic mass is 9.82. The van der Waals surface area contributed by atoms with Gasteiger partial charge in [0, 0.05) is 33.5 Å². The van der Waals surface area contributed by atoms with Crippen molar-refractivity contribution >= 4 is 21.9 Å². The number of furan rings is 1. The highest BCUT2D eigenvalue weighted by atomic mass is 16.3. The van der Waals surface area contributed by atoms with E-state index in [1.54, 1.807) is 0 Å². The van der Waals surface area contributed by atoms with Gasteiger partial charge in [-0.1, -0.05) is 62.4 Å². The summed E-state index contributed by atoms with van der Waals surface area (Å²) < 4.78 is 6.75. The molecule has 0 fully saturated rings. The standard InChI is InChI=1S/C28H23NO/c1-16-15-17(2)24(22-11-7-8-14-29-22)27-23(16)19-12-13-21-25(26(19)30-27)18-9-5-6-10-20(18)28(21,3)4/h5-15H,1-4H3. The number of pyridine rings is 1. The summed E-state index contributed by atoms with van der Waals surface area (Å²) in [6.07, 6.45) is 1.85. The molecule has 0 saturated carbocycles. The molecule has 0 N–H and O–H groups in total. The normalized spacial score (nSPS) is 14.3. The second-order valence-electron chi connectivity index (χ2n) is 8.94. The zero-order valence-corrected chi connectivity index (χ0v) is 17.7. The van der Waals surface area contributed by atoms with Crippen molar-refractivity contribution in [2.45, 2.75) is 33.1 Å². The van der Waals surface area contributed by atoms with Crippen molar-refractivity contribution in [1.82, 2.24) is 4.98 Å². The van der Waals surface area contributed by atoms with E-state index in [1.807, 2.05) is 18.3 Å². The lowest BCUT2D eigenvalue weighted by Gasteiger charge is -2.21. The van der Waals surface area contributed by atoms with Crippen LogP contribution in [-0.2, 0) is 5.41 Å². The van der Waals surface area contributed by atoms with Gasteiger partial charge in [0.15, 0.2) is 0 Å². The van der Waals surface area contributed by atoms with Crippen LogP contribution in [0.1, 0.15) is 36.1 Å². The maximum Gasteiger partial charge on any atom is 0.145 e. The molecule has 0 amide bonds. The first-order chi connectivity index (χ1) is 14.5. The zero-order valence-electron chi connectivity index (χ0n) is 17.7. The van der Waals surface area contributed by atoms with Crippen molar-refractivity contribution in [2.24, 2.45) is 0 Å². The highest BCUT2D eigenvalue weighted by Gasteiger charge is 2.37. The quantitative estimate of drug-likeness (QED) is 0.295. The molecule has 2 aromatic heterocycles. The molecule has 2 heterocycles. The molecule has 6 rings (SSSR count). The maximum atomic E-state index is 6.75. The molecule has 0 spiro atoms. The molecule has 30 heavy (non-hydrogen) atoms. The topological polar surface area (TPSA) is 26.0 Å². The third-order valence-corrected chi connectivity index (χ3v) is 6.77. The summed E-state index contributed by atoms with van der Waals surface area (Å²) in [5, 5.41) is 2.38. The van der Waals surface area contributed by atoms with E-state index in [9.17, 15) is 0 Å². The fourth-order valence-electron chi connectivity index (χ4n) is 5.39. The van der Waals surface area contributed by atoms with Crippen LogP contribution in [0.4, 0.5) is 0 Å². The highest BCUT2D eigenvalue weighted by molar-refractivity contribution is 6.16. The molecule has 0 aliphatic heterocycles. The number of nitrogens with zero attached hydrogens (tertiary/aromatic N) is 1. The summed E-state index contributed by atoms with van der Waals surface area (Å²) in [6.45, 7) is 8.94. The predicted octanol–water partition coefficient (Wildman–Crippen LogP) is 7.57. The van der Waals surface area contributed by atoms with Gasteiger partial charge in [-0.2, -0.15) is 0 Å². The van der Waals surface area contributed by atoms with Crippen LogP contribution >= 0.6 is 0 Å². The second-order valence-corrected chi connectivity index (χ2v) is 8.94. The van der Waals surface area contributed by atoms with E-state index in [0.29, 0.717) is 0 Å². The molecule has 1 aliphatic rings. The van der Waals surface area contributed by atoms with Gasteiger partial charge in [-0.3, -0.25) is 4.98 Å². The predicted molar refractivity (Wildman–Crippen MR) is 124 cm³/mol. The molecule has 3 aromatic carbocycles. The third-order valence-electron chi connectivity index (χ3n) is 6.77. The minimum atomic E-state index is -0.0339. The van der Waals surface area contributed by atoms with E-state index < -0.39 is 0 Å². The molecule has 0 atom stereocenters. The van der Waals surface area contributed by atoms with Crippen molar-refractivity contribution in [3.8, 4) is 22.4 Å². The van der Waals surface area contributed by atoms with Crippen LogP contribution in [0, 0.1) is 13.8 Å². The Morgan fingerprint density at radius 1 is 0.767 bits per heavy atom. The smallest absolute Gasteiger partial charge is 0.145 e. The summed E-state index contributed by atoms with van der Waals surface area (Å²) in [5.41, 5.74) is 11.6. The Balaban J connectivity index is 1.80. The molecular formula is C28H23NO. The van der Waals surface area contributed by atoms with Crippen molar-refractivity contribution in [2.75, 3.05) is 0 Å². The molecule has 0 saturated heterocycles. The van der Waals surface area contributed by atoms with E-state index in [-0.39, 0.29) is 5.41 Å². The SMILES string of the molecule is Cc1cc(C)c2c(oc3c4c(ccc32)C(C)(C)c2ccccc2-4)c1-c1ccccn1. The fraction of sp³-hybridized carbons (Fsp3) is 0.179. The van der Waals surface area contributed by atoms with Crippen LogP contribution in [0.15, 0.2) is 71.3 Å². The second kappa shape index (κ2) is 5.82. The molecule has 0 bridgehead atoms. The van der Waals surface area contributed by atoms with E-state index in [2.05, 4.69) is 81.2 Å². The van der Waals surface area contributed by atoms with Crippen LogP contribution in [0.5, 0.6) is 0 Å². The molecule has 5 aromatic rings. The Morgan fingerprint density at radius 3 is 2.37 bits per heavy atom. The van der Waals surface area contributed by atoms with E-state index in [4.69, 9.17) is 4.42 Å². The first kappa shape index (κ1) is 17.5. The Kier molecular flexibility index (Phi) is 3.39. The molecule has 2 heteroatoms. The summed E-state index contributed by atoms with van der Waals surface area (Å²) in [6, 6.07) is 21.6. The lowest BCUT2D eigenvalue weighted by Crippen LogP contribution is -2.14. The van der Waals surface area contributed by atoms with E-state index in [1.165, 1.54) is 44.2 Å². The highest BCUT2D eigenvalue weighted by Crippen LogP contribution is 2.53. The minimum absolute atomic E-state index is 0.0339. The largest absolute Gasteiger partial charge is 0.455 e. The lowest BCUT2D eigenvalue weighted by molar-refractivity contribution is 0.653. The van der Waals surface area contributed by atoms with E-state index >= 15 is 0 Å². The summed E-state index contributed by atoms with van der Waals surface area (Å²) in [4.78, 5) is 4.63. The van der Waals surface area contributed by atoms with E-state index in [0.717, 1.165) is 22.4 Å². The van der Waals surface area contributed by atoms with Gasteiger partial charge in [-0.15, -0.1) is 0 Å². The summed E-state index contributed by atoms with van der Waals surface area (Å²) in [5.74, 6) is 0.